The predicted molar refractivity (Wildman–Crippen MR) is 197 cm³/mol. The van der Waals surface area contributed by atoms with Gasteiger partial charge >= 0.3 is 0 Å². The first kappa shape index (κ1) is 35.7. The number of hydrogen-bond acceptors (Lipinski definition) is 6. The van der Waals surface area contributed by atoms with Crippen LogP contribution in [0.15, 0.2) is 24.3 Å². The average Bonchev–Trinajstić information content (AvgIpc) is 3.93. The number of H-pyrrole nitrogens is 2. The molecule has 0 saturated carbocycles. The lowest BCUT2D eigenvalue weighted by atomic mass is 10.0. The van der Waals surface area contributed by atoms with Gasteiger partial charge in [0.25, 0.3) is 0 Å². The summed E-state index contributed by atoms with van der Waals surface area (Å²) in [6, 6.07) is 8.71. The molecule has 0 radical (unpaired) electrons. The van der Waals surface area contributed by atoms with Crippen molar-refractivity contribution in [2.45, 2.75) is 103 Å². The molecule has 0 aliphatic carbocycles. The number of rotatable bonds is 20. The van der Waals surface area contributed by atoms with Crippen LogP contribution >= 0.6 is 0 Å². The highest BCUT2D eigenvalue weighted by Gasteiger charge is 2.16. The molecule has 5 heterocycles. The first-order valence-electron chi connectivity index (χ1n) is 18.2. The van der Waals surface area contributed by atoms with E-state index in [1.807, 2.05) is 0 Å². The van der Waals surface area contributed by atoms with E-state index in [0.717, 1.165) is 148 Å². The summed E-state index contributed by atoms with van der Waals surface area (Å²) in [5, 5.41) is 37.6. The number of aromatic amines is 2. The molecule has 3 aromatic heterocycles. The van der Waals surface area contributed by atoms with Gasteiger partial charge in [-0.15, -0.1) is 0 Å². The Kier molecular flexibility index (Phi) is 14.0. The van der Waals surface area contributed by atoms with Crippen molar-refractivity contribution in [3.8, 4) is 0 Å². The Hall–Kier alpha value is -3.56. The Morgan fingerprint density at radius 3 is 0.833 bits per heavy atom. The van der Waals surface area contributed by atoms with Gasteiger partial charge < -0.3 is 30.4 Å². The van der Waals surface area contributed by atoms with Crippen LogP contribution in [0.5, 0.6) is 0 Å². The summed E-state index contributed by atoms with van der Waals surface area (Å²) in [6.07, 6.45) is 22.9. The van der Waals surface area contributed by atoms with Crippen LogP contribution in [-0.4, -0.2) is 66.8 Å². The molecule has 258 valence electrons. The van der Waals surface area contributed by atoms with Crippen molar-refractivity contribution in [2.75, 3.05) is 26.4 Å². The van der Waals surface area contributed by atoms with E-state index in [1.54, 1.807) is 0 Å². The van der Waals surface area contributed by atoms with Crippen molar-refractivity contribution < 1.29 is 20.4 Å². The number of aliphatic hydroxyl groups excluding tert-OH is 4. The maximum Gasteiger partial charge on any atom is 0.0690 e. The number of unbranched alkanes of at least 4 members (excludes halogenated alkanes) is 8. The Balaban J connectivity index is 1.75. The van der Waals surface area contributed by atoms with Crippen LogP contribution in [0.1, 0.15) is 122 Å². The maximum atomic E-state index is 9.41. The van der Waals surface area contributed by atoms with Gasteiger partial charge in [0.2, 0.25) is 0 Å². The minimum absolute atomic E-state index is 0.207. The van der Waals surface area contributed by atoms with Gasteiger partial charge in [0.05, 0.1) is 22.8 Å². The van der Waals surface area contributed by atoms with Gasteiger partial charge in [-0.3, -0.25) is 0 Å². The predicted octanol–water partition coefficient (Wildman–Crippen LogP) is 7.48. The quantitative estimate of drug-likeness (QED) is 0.0482. The average molecular weight is 655 g/mol. The summed E-state index contributed by atoms with van der Waals surface area (Å²) in [6.45, 7) is 0.828. The Labute approximate surface area is 284 Å². The Morgan fingerprint density at radius 1 is 0.354 bits per heavy atom. The lowest BCUT2D eigenvalue weighted by Crippen LogP contribution is -1.96. The van der Waals surface area contributed by atoms with Crippen LogP contribution in [-0.2, 0) is 25.7 Å². The highest BCUT2D eigenvalue weighted by atomic mass is 16.3. The van der Waals surface area contributed by atoms with Gasteiger partial charge in [-0.05, 0) is 126 Å². The minimum Gasteiger partial charge on any atom is -0.396 e. The lowest BCUT2D eigenvalue weighted by Gasteiger charge is -2.06. The number of nitrogens with one attached hydrogen (secondary N) is 2. The zero-order valence-electron chi connectivity index (χ0n) is 28.4. The second-order valence-corrected chi connectivity index (χ2v) is 13.1. The molecular formula is C40H54N4O4. The number of nitrogens with zero attached hydrogens (tertiary/aromatic N) is 2. The zero-order chi connectivity index (χ0) is 33.6. The summed E-state index contributed by atoms with van der Waals surface area (Å²) in [5.41, 5.74) is 12.9. The van der Waals surface area contributed by atoms with Crippen molar-refractivity contribution in [2.24, 2.45) is 0 Å². The SMILES string of the molecule is OCCCCCc1c2nc(c(CCCCCO)c3ccc([nH]3)c(CCCCCO)c3nc(c(CCCCCO)c4ccc1[nH]4)C=C3)C=C2. The van der Waals surface area contributed by atoms with Crippen molar-refractivity contribution in [3.63, 3.8) is 0 Å². The molecule has 0 saturated heterocycles. The number of aliphatic hydroxyl groups is 4. The van der Waals surface area contributed by atoms with E-state index in [2.05, 4.69) is 58.5 Å². The number of fused-ring (bicyclic) bond motifs is 8. The van der Waals surface area contributed by atoms with Crippen LogP contribution in [0.25, 0.3) is 46.4 Å². The molecule has 0 unspecified atom stereocenters. The first-order valence-corrected chi connectivity index (χ1v) is 18.2. The number of aromatic nitrogens is 4. The second-order valence-electron chi connectivity index (χ2n) is 13.1. The molecule has 48 heavy (non-hydrogen) atoms. The molecule has 0 atom stereocenters. The van der Waals surface area contributed by atoms with E-state index in [-0.39, 0.29) is 26.4 Å². The summed E-state index contributed by atoms with van der Waals surface area (Å²) in [7, 11) is 0. The van der Waals surface area contributed by atoms with Crippen molar-refractivity contribution in [1.29, 1.82) is 0 Å². The maximum absolute atomic E-state index is 9.41. The Morgan fingerprint density at radius 2 is 0.604 bits per heavy atom. The number of aryl methyl sites for hydroxylation is 4. The van der Waals surface area contributed by atoms with Crippen LogP contribution < -0.4 is 0 Å². The van der Waals surface area contributed by atoms with Gasteiger partial charge in [0.1, 0.15) is 0 Å². The summed E-state index contributed by atoms with van der Waals surface area (Å²) >= 11 is 0. The molecule has 0 amide bonds. The molecule has 2 aliphatic rings. The molecule has 0 aromatic carbocycles. The number of hydrogen-bond donors (Lipinski definition) is 6. The zero-order valence-corrected chi connectivity index (χ0v) is 28.4. The summed E-state index contributed by atoms with van der Waals surface area (Å²) in [5.74, 6) is 0. The van der Waals surface area contributed by atoms with Gasteiger partial charge in [0, 0.05) is 70.7 Å². The topological polar surface area (TPSA) is 138 Å². The monoisotopic (exact) mass is 654 g/mol. The van der Waals surface area contributed by atoms with E-state index < -0.39 is 0 Å². The van der Waals surface area contributed by atoms with Crippen LogP contribution in [0.3, 0.4) is 0 Å². The van der Waals surface area contributed by atoms with Crippen molar-refractivity contribution in [1.82, 2.24) is 19.9 Å². The highest BCUT2D eigenvalue weighted by molar-refractivity contribution is 5.83. The third-order valence-corrected chi connectivity index (χ3v) is 9.53. The molecular weight excluding hydrogens is 600 g/mol. The largest absolute Gasteiger partial charge is 0.396 e. The molecule has 0 fully saturated rings. The second kappa shape index (κ2) is 18.8. The molecule has 3 aromatic rings. The van der Waals surface area contributed by atoms with E-state index in [9.17, 15) is 20.4 Å². The van der Waals surface area contributed by atoms with Gasteiger partial charge in [0.15, 0.2) is 0 Å². The molecule has 5 rings (SSSR count). The van der Waals surface area contributed by atoms with E-state index in [1.165, 1.54) is 22.3 Å². The third-order valence-electron chi connectivity index (χ3n) is 9.53. The highest BCUT2D eigenvalue weighted by Crippen LogP contribution is 2.29. The molecule has 8 nitrogen and oxygen atoms in total. The molecule has 0 spiro atoms. The first-order chi connectivity index (χ1) is 23.7. The fourth-order valence-electron chi connectivity index (χ4n) is 6.86. The fourth-order valence-corrected chi connectivity index (χ4v) is 6.86. The van der Waals surface area contributed by atoms with Gasteiger partial charge in [-0.1, -0.05) is 25.7 Å². The van der Waals surface area contributed by atoms with Crippen LogP contribution in [0, 0.1) is 0 Å². The standard InChI is InChI=1S/C40H54N4O4/c45-25-9-1-5-13-29-33-17-19-35(41-33)30(14-6-2-10-26-46)37-21-23-39(43-37)32(16-8-4-12-28-48)40-24-22-38(44-40)31(15-7-3-11-27-47)36-20-18-34(29)42-36/h17-24,41,44-48H,1-16,25-28H2. The van der Waals surface area contributed by atoms with E-state index >= 15 is 0 Å². The van der Waals surface area contributed by atoms with Crippen LogP contribution in [0.2, 0.25) is 0 Å². The van der Waals surface area contributed by atoms with Crippen molar-refractivity contribution in [3.05, 3.63) is 69.3 Å². The molecule has 8 bridgehead atoms. The third kappa shape index (κ3) is 9.32. The van der Waals surface area contributed by atoms with Crippen LogP contribution in [0.4, 0.5) is 0 Å². The smallest absolute Gasteiger partial charge is 0.0690 e. The summed E-state index contributed by atoms with van der Waals surface area (Å²) in [4.78, 5) is 18.1. The van der Waals surface area contributed by atoms with Gasteiger partial charge in [-0.25, -0.2) is 9.97 Å². The molecule has 8 heteroatoms. The lowest BCUT2D eigenvalue weighted by molar-refractivity contribution is 0.283. The van der Waals surface area contributed by atoms with Gasteiger partial charge in [-0.2, -0.15) is 0 Å². The molecule has 2 aliphatic heterocycles. The van der Waals surface area contributed by atoms with E-state index in [4.69, 9.17) is 9.97 Å². The normalized spacial score (nSPS) is 12.4. The Bertz CT molecular complexity index is 1460. The molecule has 6 N–H and O–H groups in total. The summed E-state index contributed by atoms with van der Waals surface area (Å²) < 4.78 is 0. The van der Waals surface area contributed by atoms with Crippen molar-refractivity contribution >= 4 is 46.4 Å². The minimum atomic E-state index is 0.207. The van der Waals surface area contributed by atoms with E-state index in [0.29, 0.717) is 0 Å². The fraction of sp³-hybridized carbons (Fsp3) is 0.500.